The highest BCUT2D eigenvalue weighted by Crippen LogP contribution is 2.38. The first-order valence-electron chi connectivity index (χ1n) is 13.9. The minimum atomic E-state index is -1.31. The molecule has 10 heteroatoms. The molecule has 1 saturated heterocycles. The fourth-order valence-corrected chi connectivity index (χ4v) is 5.55. The Hall–Kier alpha value is -3.11. The Morgan fingerprint density at radius 3 is 2.27 bits per heavy atom. The summed E-state index contributed by atoms with van der Waals surface area (Å²) in [6.45, 7) is 0.949. The molecule has 7 atom stereocenters. The summed E-state index contributed by atoms with van der Waals surface area (Å²) in [5.41, 5.74) is 4.16. The minimum absolute atomic E-state index is 0.0712. The standard InChI is InChI=1S/C31H37N3O7/c1-18(37)30-32-12-13-34(30)25(16-35)11-4-19-2-5-20(6-3-19)21-7-9-22(10-8-21)23-14-24(15-23)33-27-29(39)28(38)26(17-36)41-31(27)40/h2-3,5-10,12-13,18,23-29,31,33,35-40H,14-17H2,1H3/t18-,23?,24?,25-,26?,27?,28?,29?,31?/m0/s1. The summed E-state index contributed by atoms with van der Waals surface area (Å²) in [6.07, 6.45) is -0.644. The topological polar surface area (TPSA) is 160 Å². The zero-order chi connectivity index (χ0) is 29.1. The molecule has 5 rings (SSSR count). The lowest BCUT2D eigenvalue weighted by Crippen LogP contribution is -2.65. The van der Waals surface area contributed by atoms with Crippen molar-refractivity contribution in [3.05, 3.63) is 77.9 Å². The van der Waals surface area contributed by atoms with Crippen LogP contribution < -0.4 is 5.32 Å². The number of hydrogen-bond donors (Lipinski definition) is 7. The Labute approximate surface area is 238 Å². The quantitative estimate of drug-likeness (QED) is 0.197. The van der Waals surface area contributed by atoms with Crippen molar-refractivity contribution in [1.82, 2.24) is 14.9 Å². The molecule has 0 bridgehead atoms. The van der Waals surface area contributed by atoms with E-state index in [0.29, 0.717) is 11.7 Å². The predicted octanol–water partition coefficient (Wildman–Crippen LogP) is 0.824. The number of aliphatic hydroxyl groups excluding tert-OH is 6. The monoisotopic (exact) mass is 563 g/mol. The Balaban J connectivity index is 1.16. The molecule has 5 unspecified atom stereocenters. The number of nitrogens with zero attached hydrogens (tertiary/aromatic N) is 2. The van der Waals surface area contributed by atoms with Gasteiger partial charge in [0.05, 0.1) is 19.3 Å². The molecule has 2 aliphatic rings. The van der Waals surface area contributed by atoms with Gasteiger partial charge in [0.1, 0.15) is 36.3 Å². The predicted molar refractivity (Wildman–Crippen MR) is 150 cm³/mol. The van der Waals surface area contributed by atoms with E-state index in [0.717, 1.165) is 29.5 Å². The molecule has 218 valence electrons. The highest BCUT2D eigenvalue weighted by Gasteiger charge is 2.45. The Kier molecular flexibility index (Phi) is 9.19. The Morgan fingerprint density at radius 2 is 1.66 bits per heavy atom. The largest absolute Gasteiger partial charge is 0.394 e. The number of aromatic nitrogens is 2. The van der Waals surface area contributed by atoms with Crippen molar-refractivity contribution in [3.8, 4) is 23.0 Å². The van der Waals surface area contributed by atoms with Crippen molar-refractivity contribution in [2.75, 3.05) is 13.2 Å². The molecule has 2 fully saturated rings. The molecule has 2 heterocycles. The highest BCUT2D eigenvalue weighted by atomic mass is 16.6. The molecule has 0 amide bonds. The number of nitrogens with one attached hydrogen (secondary N) is 1. The number of aliphatic hydroxyl groups is 6. The van der Waals surface area contributed by atoms with Crippen molar-refractivity contribution in [1.29, 1.82) is 0 Å². The molecule has 1 aliphatic heterocycles. The number of imidazole rings is 1. The molecule has 3 aromatic rings. The van der Waals surface area contributed by atoms with Gasteiger partial charge in [0.2, 0.25) is 0 Å². The third-order valence-corrected chi connectivity index (χ3v) is 8.03. The molecular weight excluding hydrogens is 526 g/mol. The van der Waals surface area contributed by atoms with Gasteiger partial charge in [-0.3, -0.25) is 0 Å². The zero-order valence-corrected chi connectivity index (χ0v) is 22.8. The van der Waals surface area contributed by atoms with Crippen LogP contribution in [0.5, 0.6) is 0 Å². The van der Waals surface area contributed by atoms with Crippen molar-refractivity contribution < 1.29 is 35.4 Å². The fraction of sp³-hybridized carbons (Fsp3) is 0.452. The minimum Gasteiger partial charge on any atom is -0.394 e. The molecule has 1 saturated carbocycles. The van der Waals surface area contributed by atoms with E-state index in [4.69, 9.17) is 4.74 Å². The molecular formula is C31H37N3O7. The normalized spacial score (nSPS) is 29.2. The number of rotatable bonds is 8. The van der Waals surface area contributed by atoms with Crippen LogP contribution in [0.3, 0.4) is 0 Å². The molecule has 2 aromatic carbocycles. The zero-order valence-electron chi connectivity index (χ0n) is 22.8. The van der Waals surface area contributed by atoms with E-state index in [1.807, 2.05) is 24.3 Å². The van der Waals surface area contributed by atoms with Crippen LogP contribution in [0.2, 0.25) is 0 Å². The lowest BCUT2D eigenvalue weighted by Gasteiger charge is -2.45. The first-order valence-corrected chi connectivity index (χ1v) is 13.9. The van der Waals surface area contributed by atoms with Gasteiger partial charge in [-0.2, -0.15) is 0 Å². The molecule has 0 spiro atoms. The van der Waals surface area contributed by atoms with E-state index < -0.39 is 49.4 Å². The maximum atomic E-state index is 10.4. The maximum Gasteiger partial charge on any atom is 0.173 e. The molecule has 10 nitrogen and oxygen atoms in total. The van der Waals surface area contributed by atoms with Crippen molar-refractivity contribution >= 4 is 0 Å². The molecule has 0 radical (unpaired) electrons. The van der Waals surface area contributed by atoms with E-state index in [1.165, 1.54) is 5.56 Å². The van der Waals surface area contributed by atoms with Gasteiger partial charge in [-0.1, -0.05) is 48.2 Å². The number of ether oxygens (including phenoxy) is 1. The summed E-state index contributed by atoms with van der Waals surface area (Å²) in [4.78, 5) is 4.14. The van der Waals surface area contributed by atoms with Crippen LogP contribution in [0.4, 0.5) is 0 Å². The average Bonchev–Trinajstić information content (AvgIpc) is 3.45. The van der Waals surface area contributed by atoms with Gasteiger partial charge in [0.15, 0.2) is 6.29 Å². The molecule has 41 heavy (non-hydrogen) atoms. The SMILES string of the molecule is C[C@H](O)c1nccn1[C@@H](C#Cc1ccc(-c2ccc(C3CC(NC4C(O)OC(CO)C(O)C4O)C3)cc2)cc1)CO. The van der Waals surface area contributed by atoms with Crippen LogP contribution in [0.15, 0.2) is 60.9 Å². The number of benzene rings is 2. The van der Waals surface area contributed by atoms with Crippen LogP contribution >= 0.6 is 0 Å². The van der Waals surface area contributed by atoms with E-state index in [-0.39, 0.29) is 12.6 Å². The van der Waals surface area contributed by atoms with Crippen LogP contribution in [0.25, 0.3) is 11.1 Å². The Morgan fingerprint density at radius 1 is 1.00 bits per heavy atom. The van der Waals surface area contributed by atoms with Crippen LogP contribution in [0.1, 0.15) is 54.8 Å². The lowest BCUT2D eigenvalue weighted by atomic mass is 9.75. The highest BCUT2D eigenvalue weighted by molar-refractivity contribution is 5.64. The molecule has 1 aromatic heterocycles. The first kappa shape index (κ1) is 29.4. The summed E-state index contributed by atoms with van der Waals surface area (Å²) in [5.74, 6) is 6.97. The Bertz CT molecular complexity index is 1340. The summed E-state index contributed by atoms with van der Waals surface area (Å²) >= 11 is 0. The van der Waals surface area contributed by atoms with Crippen molar-refractivity contribution in [3.63, 3.8) is 0 Å². The van der Waals surface area contributed by atoms with Crippen LogP contribution in [-0.2, 0) is 4.74 Å². The average molecular weight is 564 g/mol. The lowest BCUT2D eigenvalue weighted by molar-refractivity contribution is -0.256. The summed E-state index contributed by atoms with van der Waals surface area (Å²) in [5, 5.41) is 62.8. The third kappa shape index (κ3) is 6.38. The van der Waals surface area contributed by atoms with Crippen LogP contribution in [-0.4, -0.2) is 90.1 Å². The first-order chi connectivity index (χ1) is 19.8. The van der Waals surface area contributed by atoms with Gasteiger partial charge in [-0.05, 0) is 54.5 Å². The maximum absolute atomic E-state index is 10.4. The fourth-order valence-electron chi connectivity index (χ4n) is 5.55. The molecule has 7 N–H and O–H groups in total. The third-order valence-electron chi connectivity index (χ3n) is 8.03. The van der Waals surface area contributed by atoms with Gasteiger partial charge in [-0.15, -0.1) is 0 Å². The van der Waals surface area contributed by atoms with Crippen molar-refractivity contribution in [2.24, 2.45) is 0 Å². The van der Waals surface area contributed by atoms with E-state index in [9.17, 15) is 30.6 Å². The second-order valence-electron chi connectivity index (χ2n) is 10.8. The number of hydrogen-bond acceptors (Lipinski definition) is 9. The van der Waals surface area contributed by atoms with Gasteiger partial charge in [-0.25, -0.2) is 4.98 Å². The van der Waals surface area contributed by atoms with E-state index >= 15 is 0 Å². The van der Waals surface area contributed by atoms with E-state index in [1.54, 1.807) is 23.9 Å². The van der Waals surface area contributed by atoms with Gasteiger partial charge >= 0.3 is 0 Å². The van der Waals surface area contributed by atoms with Gasteiger partial charge < -0.3 is 45.3 Å². The van der Waals surface area contributed by atoms with Gasteiger partial charge in [0.25, 0.3) is 0 Å². The second kappa shape index (κ2) is 12.8. The van der Waals surface area contributed by atoms with Crippen molar-refractivity contribution in [2.45, 2.75) is 74.5 Å². The molecule has 1 aliphatic carbocycles. The van der Waals surface area contributed by atoms with Gasteiger partial charge in [0, 0.05) is 24.0 Å². The van der Waals surface area contributed by atoms with E-state index in [2.05, 4.69) is 46.4 Å². The summed E-state index contributed by atoms with van der Waals surface area (Å²) < 4.78 is 6.92. The summed E-state index contributed by atoms with van der Waals surface area (Å²) in [7, 11) is 0. The summed E-state index contributed by atoms with van der Waals surface area (Å²) in [6, 6.07) is 15.0. The second-order valence-corrected chi connectivity index (χ2v) is 10.8. The van der Waals surface area contributed by atoms with Crippen LogP contribution in [0, 0.1) is 11.8 Å². The smallest absolute Gasteiger partial charge is 0.173 e.